The number of rotatable bonds is 7. The number of benzene rings is 2. The van der Waals surface area contributed by atoms with Crippen molar-refractivity contribution in [3.05, 3.63) is 53.6 Å². The fourth-order valence-electron chi connectivity index (χ4n) is 5.30. The van der Waals surface area contributed by atoms with Crippen LogP contribution in [0.15, 0.2) is 42.5 Å². The summed E-state index contributed by atoms with van der Waals surface area (Å²) < 4.78 is 56.2. The molecular weight excluding hydrogens is 557 g/mol. The number of aliphatic carboxylic acids is 1. The number of hydrogen-bond acceptors (Lipinski definition) is 6. The van der Waals surface area contributed by atoms with Crippen molar-refractivity contribution in [3.8, 4) is 11.5 Å². The number of likely N-dealkylation sites (tertiary alicyclic amines) is 1. The quantitative estimate of drug-likeness (QED) is 0.473. The van der Waals surface area contributed by atoms with E-state index in [-0.39, 0.29) is 44.5 Å². The molecule has 0 bridgehead atoms. The second-order valence-corrected chi connectivity index (χ2v) is 11.7. The SMILES string of the molecule is COc1ccc2c(c1)C(c1ccccc1OC(F)(F)F)OC(CC(=O)N1CCC(C(=O)O)CC1)C(=O)N2CC(C)(C)C. The number of nitrogens with zero attached hydrogens (tertiary/aromatic N) is 2. The Hall–Kier alpha value is -3.80. The van der Waals surface area contributed by atoms with E-state index in [0.29, 0.717) is 17.0 Å². The Kier molecular flexibility index (Phi) is 9.05. The van der Waals surface area contributed by atoms with Crippen molar-refractivity contribution >= 4 is 23.5 Å². The van der Waals surface area contributed by atoms with Crippen LogP contribution in [0, 0.1) is 11.3 Å². The van der Waals surface area contributed by atoms with Crippen LogP contribution in [0.2, 0.25) is 0 Å². The van der Waals surface area contributed by atoms with Crippen LogP contribution in [0.1, 0.15) is 57.3 Å². The van der Waals surface area contributed by atoms with Gasteiger partial charge >= 0.3 is 12.3 Å². The van der Waals surface area contributed by atoms with Crippen LogP contribution in [-0.4, -0.2) is 67.0 Å². The summed E-state index contributed by atoms with van der Waals surface area (Å²) >= 11 is 0. The van der Waals surface area contributed by atoms with Crippen molar-refractivity contribution in [2.45, 2.75) is 58.6 Å². The molecule has 2 heterocycles. The summed E-state index contributed by atoms with van der Waals surface area (Å²) in [5.41, 5.74) is 0.425. The van der Waals surface area contributed by atoms with Gasteiger partial charge in [0.15, 0.2) is 0 Å². The maximum Gasteiger partial charge on any atom is 0.573 e. The summed E-state index contributed by atoms with van der Waals surface area (Å²) in [6.45, 7) is 6.47. The van der Waals surface area contributed by atoms with Crippen LogP contribution < -0.4 is 14.4 Å². The zero-order chi connectivity index (χ0) is 30.8. The molecular formula is C30H35F3N2O7. The van der Waals surface area contributed by atoms with E-state index in [4.69, 9.17) is 9.47 Å². The van der Waals surface area contributed by atoms with E-state index in [2.05, 4.69) is 4.74 Å². The molecule has 1 saturated heterocycles. The minimum absolute atomic E-state index is 0.0226. The maximum atomic E-state index is 14.1. The molecule has 0 aliphatic carbocycles. The predicted molar refractivity (Wildman–Crippen MR) is 146 cm³/mol. The minimum Gasteiger partial charge on any atom is -0.497 e. The highest BCUT2D eigenvalue weighted by Gasteiger charge is 2.42. The molecule has 1 N–H and O–H groups in total. The average molecular weight is 593 g/mol. The Labute approximate surface area is 242 Å². The third kappa shape index (κ3) is 7.33. The molecule has 2 unspecified atom stereocenters. The number of amides is 2. The molecule has 2 aliphatic rings. The highest BCUT2D eigenvalue weighted by Crippen LogP contribution is 2.44. The van der Waals surface area contributed by atoms with Gasteiger partial charge in [-0.3, -0.25) is 14.4 Å². The molecule has 12 heteroatoms. The van der Waals surface area contributed by atoms with Gasteiger partial charge in [0.05, 0.1) is 25.1 Å². The smallest absolute Gasteiger partial charge is 0.497 e. The predicted octanol–water partition coefficient (Wildman–Crippen LogP) is 5.17. The van der Waals surface area contributed by atoms with Crippen molar-refractivity contribution in [3.63, 3.8) is 0 Å². The number of anilines is 1. The highest BCUT2D eigenvalue weighted by molar-refractivity contribution is 6.00. The van der Waals surface area contributed by atoms with Crippen molar-refractivity contribution in [2.24, 2.45) is 11.3 Å². The molecule has 2 aromatic rings. The Morgan fingerprint density at radius 1 is 1.05 bits per heavy atom. The molecule has 0 aromatic heterocycles. The van der Waals surface area contributed by atoms with Crippen molar-refractivity contribution in [1.82, 2.24) is 4.90 Å². The van der Waals surface area contributed by atoms with Crippen LogP contribution >= 0.6 is 0 Å². The van der Waals surface area contributed by atoms with E-state index >= 15 is 0 Å². The summed E-state index contributed by atoms with van der Waals surface area (Å²) in [6, 6.07) is 10.4. The van der Waals surface area contributed by atoms with Gasteiger partial charge in [-0.1, -0.05) is 39.0 Å². The van der Waals surface area contributed by atoms with Gasteiger partial charge in [0, 0.05) is 30.8 Å². The van der Waals surface area contributed by atoms with Gasteiger partial charge in [-0.2, -0.15) is 0 Å². The molecule has 2 aromatic carbocycles. The van der Waals surface area contributed by atoms with Gasteiger partial charge in [0.2, 0.25) is 5.91 Å². The molecule has 42 heavy (non-hydrogen) atoms. The van der Waals surface area contributed by atoms with Crippen LogP contribution in [0.5, 0.6) is 11.5 Å². The number of halogens is 3. The lowest BCUT2D eigenvalue weighted by Crippen LogP contribution is -2.47. The van der Waals surface area contributed by atoms with E-state index in [9.17, 15) is 32.7 Å². The van der Waals surface area contributed by atoms with Crippen molar-refractivity contribution in [2.75, 3.05) is 31.6 Å². The number of hydrogen-bond donors (Lipinski definition) is 1. The van der Waals surface area contributed by atoms with Gasteiger partial charge in [-0.05, 0) is 42.5 Å². The Morgan fingerprint density at radius 3 is 2.31 bits per heavy atom. The summed E-state index contributed by atoms with van der Waals surface area (Å²) in [6.07, 6.45) is -7.36. The lowest BCUT2D eigenvalue weighted by Gasteiger charge is -2.33. The van der Waals surface area contributed by atoms with Gasteiger partial charge in [0.25, 0.3) is 5.91 Å². The number of methoxy groups -OCH3 is 1. The fourth-order valence-corrected chi connectivity index (χ4v) is 5.30. The van der Waals surface area contributed by atoms with E-state index < -0.39 is 53.4 Å². The maximum absolute atomic E-state index is 14.1. The Morgan fingerprint density at radius 2 is 1.71 bits per heavy atom. The molecule has 9 nitrogen and oxygen atoms in total. The zero-order valence-corrected chi connectivity index (χ0v) is 23.9. The lowest BCUT2D eigenvalue weighted by atomic mass is 9.94. The third-order valence-electron chi connectivity index (χ3n) is 7.27. The molecule has 2 amide bonds. The average Bonchev–Trinajstić information content (AvgIpc) is 3.02. The van der Waals surface area contributed by atoms with Gasteiger partial charge in [-0.25, -0.2) is 0 Å². The number of carbonyl (C=O) groups excluding carboxylic acids is 2. The first-order chi connectivity index (χ1) is 19.7. The molecule has 0 spiro atoms. The molecule has 2 atom stereocenters. The zero-order valence-electron chi connectivity index (χ0n) is 23.9. The standard InChI is InChI=1S/C30H35F3N2O7/c1-29(2,3)17-35-22-10-9-19(40-4)15-21(22)26(20-7-5-6-8-23(20)42-30(31,32)33)41-24(27(35)37)16-25(36)34-13-11-18(12-14-34)28(38)39/h5-10,15,18,24,26H,11-14,16-17H2,1-4H3,(H,38,39). The van der Waals surface area contributed by atoms with Gasteiger partial charge in [-0.15, -0.1) is 13.2 Å². The van der Waals surface area contributed by atoms with Crippen molar-refractivity contribution < 1.29 is 46.9 Å². The molecule has 0 saturated carbocycles. The molecule has 4 rings (SSSR count). The van der Waals surface area contributed by atoms with Crippen LogP contribution in [-0.2, 0) is 19.1 Å². The van der Waals surface area contributed by atoms with Gasteiger partial charge < -0.3 is 29.1 Å². The highest BCUT2D eigenvalue weighted by atomic mass is 19.4. The Balaban J connectivity index is 1.78. The van der Waals surface area contributed by atoms with E-state index in [1.54, 1.807) is 18.2 Å². The van der Waals surface area contributed by atoms with E-state index in [1.165, 1.54) is 41.2 Å². The normalized spacial score (nSPS) is 20.1. The number of ether oxygens (including phenoxy) is 3. The number of carboxylic acids is 1. The number of carboxylic acid groups (broad SMARTS) is 1. The second kappa shape index (κ2) is 12.2. The van der Waals surface area contributed by atoms with Crippen LogP contribution in [0.25, 0.3) is 0 Å². The molecule has 228 valence electrons. The summed E-state index contributed by atoms with van der Waals surface area (Å²) in [7, 11) is 1.45. The summed E-state index contributed by atoms with van der Waals surface area (Å²) in [5.74, 6) is -2.49. The third-order valence-corrected chi connectivity index (χ3v) is 7.27. The molecule has 2 aliphatic heterocycles. The number of carbonyl (C=O) groups is 3. The number of para-hydroxylation sites is 1. The van der Waals surface area contributed by atoms with E-state index in [1.807, 2.05) is 20.8 Å². The number of fused-ring (bicyclic) bond motifs is 1. The number of alkyl halides is 3. The van der Waals surface area contributed by atoms with Crippen LogP contribution in [0.3, 0.4) is 0 Å². The summed E-state index contributed by atoms with van der Waals surface area (Å²) in [5, 5.41) is 9.30. The largest absolute Gasteiger partial charge is 0.573 e. The van der Waals surface area contributed by atoms with Crippen molar-refractivity contribution in [1.29, 1.82) is 0 Å². The topological polar surface area (TPSA) is 106 Å². The lowest BCUT2D eigenvalue weighted by molar-refractivity contribution is -0.275. The van der Waals surface area contributed by atoms with Gasteiger partial charge in [0.1, 0.15) is 23.7 Å². The molecule has 0 radical (unpaired) electrons. The first-order valence-corrected chi connectivity index (χ1v) is 13.7. The first kappa shape index (κ1) is 31.1. The number of piperidine rings is 1. The first-order valence-electron chi connectivity index (χ1n) is 13.7. The fraction of sp³-hybridized carbons (Fsp3) is 0.500. The minimum atomic E-state index is -4.98. The second-order valence-electron chi connectivity index (χ2n) is 11.7. The van der Waals surface area contributed by atoms with E-state index in [0.717, 1.165) is 0 Å². The summed E-state index contributed by atoms with van der Waals surface area (Å²) in [4.78, 5) is 41.9. The Bertz CT molecular complexity index is 1320. The monoisotopic (exact) mass is 592 g/mol. The van der Waals surface area contributed by atoms with Crippen LogP contribution in [0.4, 0.5) is 18.9 Å². The molecule has 1 fully saturated rings.